The highest BCUT2D eigenvalue weighted by Gasteiger charge is 2.14. The number of hydrogen-bond donors (Lipinski definition) is 1. The summed E-state index contributed by atoms with van der Waals surface area (Å²) in [5.41, 5.74) is 3.70. The molecular weight excluding hydrogens is 304 g/mol. The van der Waals surface area contributed by atoms with Gasteiger partial charge in [0.05, 0.1) is 16.9 Å². The second-order valence-electron chi connectivity index (χ2n) is 5.26. The van der Waals surface area contributed by atoms with Crippen LogP contribution in [0.3, 0.4) is 0 Å². The number of hydrogen-bond acceptors (Lipinski definition) is 3. The van der Waals surface area contributed by atoms with E-state index in [0.29, 0.717) is 11.3 Å². The first kappa shape index (κ1) is 17.1. The summed E-state index contributed by atoms with van der Waals surface area (Å²) < 4.78 is 0. The lowest BCUT2D eigenvalue weighted by Crippen LogP contribution is -2.22. The number of aryl methyl sites for hydroxylation is 1. The maximum absolute atomic E-state index is 12.2. The highest BCUT2D eigenvalue weighted by atomic mass is 32.2. The molecule has 0 aliphatic heterocycles. The number of amides is 1. The highest BCUT2D eigenvalue weighted by molar-refractivity contribution is 7.99. The molecule has 0 saturated carbocycles. The fourth-order valence-electron chi connectivity index (χ4n) is 2.11. The van der Waals surface area contributed by atoms with E-state index in [4.69, 9.17) is 5.26 Å². The number of nitriles is 1. The van der Waals surface area contributed by atoms with E-state index >= 15 is 0 Å². The Morgan fingerprint density at radius 3 is 2.57 bits per heavy atom. The third-order valence-electron chi connectivity index (χ3n) is 3.63. The van der Waals surface area contributed by atoms with Gasteiger partial charge >= 0.3 is 0 Å². The van der Waals surface area contributed by atoms with Gasteiger partial charge in [0.15, 0.2) is 0 Å². The summed E-state index contributed by atoms with van der Waals surface area (Å²) in [7, 11) is 0. The molecule has 2 aromatic rings. The van der Waals surface area contributed by atoms with E-state index in [0.717, 1.165) is 17.7 Å². The zero-order valence-corrected chi connectivity index (χ0v) is 14.2. The minimum absolute atomic E-state index is 0.0197. The molecule has 0 spiro atoms. The average Bonchev–Trinajstić information content (AvgIpc) is 2.60. The molecule has 0 radical (unpaired) electrons. The summed E-state index contributed by atoms with van der Waals surface area (Å²) in [6.07, 6.45) is 0.985. The van der Waals surface area contributed by atoms with Crippen molar-refractivity contribution < 1.29 is 4.79 Å². The molecule has 0 fully saturated rings. The lowest BCUT2D eigenvalue weighted by atomic mass is 10.1. The van der Waals surface area contributed by atoms with Gasteiger partial charge in [0.2, 0.25) is 5.91 Å². The normalized spacial score (nSPS) is 11.5. The minimum atomic E-state index is -0.187. The van der Waals surface area contributed by atoms with Crippen LogP contribution in [0, 0.1) is 11.3 Å². The Bertz CT molecular complexity index is 704. The SMILES string of the molecule is CCc1ccc(NC(=O)C(C)SCc2ccccc2C#N)cc1. The standard InChI is InChI=1S/C19H20N2OS/c1-3-15-8-10-18(11-9-15)21-19(22)14(2)23-13-17-7-5-4-6-16(17)12-20/h4-11,14H,3,13H2,1-2H3,(H,21,22). The van der Waals surface area contributed by atoms with Crippen LogP contribution >= 0.6 is 11.8 Å². The van der Waals surface area contributed by atoms with Crippen molar-refractivity contribution in [3.05, 3.63) is 65.2 Å². The van der Waals surface area contributed by atoms with Gasteiger partial charge in [0, 0.05) is 11.4 Å². The molecule has 1 amide bonds. The number of carbonyl (C=O) groups excluding carboxylic acids is 1. The molecule has 3 nitrogen and oxygen atoms in total. The molecule has 1 atom stereocenters. The quantitative estimate of drug-likeness (QED) is 0.858. The Morgan fingerprint density at radius 2 is 1.91 bits per heavy atom. The summed E-state index contributed by atoms with van der Waals surface area (Å²) in [5.74, 6) is 0.626. The van der Waals surface area contributed by atoms with E-state index in [1.165, 1.54) is 17.3 Å². The lowest BCUT2D eigenvalue weighted by Gasteiger charge is -2.13. The van der Waals surface area contributed by atoms with E-state index < -0.39 is 0 Å². The second-order valence-corrected chi connectivity index (χ2v) is 6.59. The molecule has 2 rings (SSSR count). The molecule has 23 heavy (non-hydrogen) atoms. The van der Waals surface area contributed by atoms with Gasteiger partial charge in [-0.1, -0.05) is 37.3 Å². The number of rotatable bonds is 6. The van der Waals surface area contributed by atoms with Crippen molar-refractivity contribution in [3.8, 4) is 6.07 Å². The Hall–Kier alpha value is -2.25. The minimum Gasteiger partial charge on any atom is -0.325 e. The van der Waals surface area contributed by atoms with Crippen LogP contribution in [0.2, 0.25) is 0 Å². The van der Waals surface area contributed by atoms with Gasteiger partial charge in [0.1, 0.15) is 0 Å². The van der Waals surface area contributed by atoms with Gasteiger partial charge in [-0.3, -0.25) is 4.79 Å². The van der Waals surface area contributed by atoms with Crippen molar-refractivity contribution >= 4 is 23.4 Å². The number of nitrogens with one attached hydrogen (secondary N) is 1. The molecule has 2 aromatic carbocycles. The van der Waals surface area contributed by atoms with Crippen LogP contribution in [0.5, 0.6) is 0 Å². The zero-order chi connectivity index (χ0) is 16.7. The Morgan fingerprint density at radius 1 is 1.22 bits per heavy atom. The predicted molar refractivity (Wildman–Crippen MR) is 96.4 cm³/mol. The number of anilines is 1. The smallest absolute Gasteiger partial charge is 0.237 e. The van der Waals surface area contributed by atoms with Gasteiger partial charge in [-0.05, 0) is 42.7 Å². The number of nitrogens with zero attached hydrogens (tertiary/aromatic N) is 1. The van der Waals surface area contributed by atoms with Crippen LogP contribution < -0.4 is 5.32 Å². The maximum atomic E-state index is 12.2. The second kappa shape index (κ2) is 8.40. The van der Waals surface area contributed by atoms with Crippen molar-refractivity contribution in [3.63, 3.8) is 0 Å². The summed E-state index contributed by atoms with van der Waals surface area (Å²) in [5, 5.41) is 11.8. The number of thioether (sulfide) groups is 1. The average molecular weight is 324 g/mol. The van der Waals surface area contributed by atoms with Crippen LogP contribution in [0.1, 0.15) is 30.5 Å². The topological polar surface area (TPSA) is 52.9 Å². The van der Waals surface area contributed by atoms with Gasteiger partial charge < -0.3 is 5.32 Å². The van der Waals surface area contributed by atoms with Crippen molar-refractivity contribution in [2.75, 3.05) is 5.32 Å². The van der Waals surface area contributed by atoms with E-state index in [9.17, 15) is 4.79 Å². The summed E-state index contributed by atoms with van der Waals surface area (Å²) in [6.45, 7) is 3.99. The fraction of sp³-hybridized carbons (Fsp3) is 0.263. The van der Waals surface area contributed by atoms with Crippen molar-refractivity contribution in [1.82, 2.24) is 0 Å². The molecule has 0 heterocycles. The predicted octanol–water partition coefficient (Wildman–Crippen LogP) is 4.38. The molecule has 118 valence electrons. The van der Waals surface area contributed by atoms with E-state index in [2.05, 4.69) is 18.3 Å². The van der Waals surface area contributed by atoms with Gasteiger partial charge in [0.25, 0.3) is 0 Å². The Kier molecular flexibility index (Phi) is 6.25. The van der Waals surface area contributed by atoms with Gasteiger partial charge in [-0.25, -0.2) is 0 Å². The largest absolute Gasteiger partial charge is 0.325 e. The molecule has 0 aliphatic carbocycles. The molecule has 1 unspecified atom stereocenters. The third-order valence-corrected chi connectivity index (χ3v) is 4.82. The molecule has 1 N–H and O–H groups in total. The Labute approximate surface area is 141 Å². The van der Waals surface area contributed by atoms with Crippen LogP contribution in [0.4, 0.5) is 5.69 Å². The van der Waals surface area contributed by atoms with Crippen LogP contribution in [-0.2, 0) is 17.0 Å². The third kappa shape index (κ3) is 4.87. The molecule has 0 aliphatic rings. The van der Waals surface area contributed by atoms with Crippen molar-refractivity contribution in [1.29, 1.82) is 5.26 Å². The monoisotopic (exact) mass is 324 g/mol. The maximum Gasteiger partial charge on any atom is 0.237 e. The highest BCUT2D eigenvalue weighted by Crippen LogP contribution is 2.21. The first-order valence-corrected chi connectivity index (χ1v) is 8.68. The van der Waals surface area contributed by atoms with Crippen LogP contribution in [0.15, 0.2) is 48.5 Å². The van der Waals surface area contributed by atoms with Crippen LogP contribution in [-0.4, -0.2) is 11.2 Å². The molecule has 0 saturated heterocycles. The van der Waals surface area contributed by atoms with E-state index in [1.807, 2.05) is 49.4 Å². The first-order valence-electron chi connectivity index (χ1n) is 7.63. The lowest BCUT2D eigenvalue weighted by molar-refractivity contribution is -0.115. The van der Waals surface area contributed by atoms with Gasteiger partial charge in [-0.15, -0.1) is 11.8 Å². The molecule has 4 heteroatoms. The molecule has 0 aromatic heterocycles. The first-order chi connectivity index (χ1) is 11.1. The van der Waals surface area contributed by atoms with Crippen molar-refractivity contribution in [2.24, 2.45) is 0 Å². The number of benzene rings is 2. The summed E-state index contributed by atoms with van der Waals surface area (Å²) in [6, 6.07) is 17.6. The number of carbonyl (C=O) groups is 1. The summed E-state index contributed by atoms with van der Waals surface area (Å²) in [4.78, 5) is 12.2. The zero-order valence-electron chi connectivity index (χ0n) is 13.4. The van der Waals surface area contributed by atoms with Gasteiger partial charge in [-0.2, -0.15) is 5.26 Å². The Balaban J connectivity index is 1.90. The van der Waals surface area contributed by atoms with E-state index in [-0.39, 0.29) is 11.2 Å². The molecule has 0 bridgehead atoms. The van der Waals surface area contributed by atoms with Crippen molar-refractivity contribution in [2.45, 2.75) is 31.3 Å². The molecular formula is C19H20N2OS. The van der Waals surface area contributed by atoms with Crippen LogP contribution in [0.25, 0.3) is 0 Å². The fourth-order valence-corrected chi connectivity index (χ4v) is 3.00. The van der Waals surface area contributed by atoms with E-state index in [1.54, 1.807) is 6.07 Å². The summed E-state index contributed by atoms with van der Waals surface area (Å²) >= 11 is 1.53.